The second-order valence-electron chi connectivity index (χ2n) is 11.3. The predicted molar refractivity (Wildman–Crippen MR) is 156 cm³/mol. The van der Waals surface area contributed by atoms with Crippen LogP contribution < -0.4 is 5.32 Å². The Hall–Kier alpha value is -4.58. The first kappa shape index (κ1) is 28.5. The Morgan fingerprint density at radius 2 is 2.00 bits per heavy atom. The molecule has 220 valence electrons. The van der Waals surface area contributed by atoms with E-state index in [2.05, 4.69) is 25.4 Å². The topological polar surface area (TPSA) is 131 Å². The number of ether oxygens (including phenoxy) is 2. The fourth-order valence-electron chi connectivity index (χ4n) is 4.99. The number of hydrogen-bond acceptors (Lipinski definition) is 10. The summed E-state index contributed by atoms with van der Waals surface area (Å²) in [5.41, 5.74) is 1.19. The molecule has 14 heteroatoms. The number of nitriles is 1. The molecule has 1 N–H and O–H groups in total. The molecular formula is C29H26F2N8O3S. The molecule has 43 heavy (non-hydrogen) atoms. The van der Waals surface area contributed by atoms with Crippen molar-refractivity contribution in [3.63, 3.8) is 0 Å². The summed E-state index contributed by atoms with van der Waals surface area (Å²) in [6.07, 6.45) is 3.39. The van der Waals surface area contributed by atoms with Gasteiger partial charge in [0.1, 0.15) is 22.2 Å². The number of nitrogens with one attached hydrogen (secondary N) is 1. The first-order valence-corrected chi connectivity index (χ1v) is 14.1. The Kier molecular flexibility index (Phi) is 7.04. The molecule has 0 bridgehead atoms. The zero-order chi connectivity index (χ0) is 30.6. The van der Waals surface area contributed by atoms with E-state index in [4.69, 9.17) is 9.47 Å². The summed E-state index contributed by atoms with van der Waals surface area (Å²) in [6.45, 7) is 5.94. The fourth-order valence-corrected chi connectivity index (χ4v) is 6.03. The lowest BCUT2D eigenvalue weighted by Crippen LogP contribution is -2.27. The second-order valence-corrected chi connectivity index (χ2v) is 12.3. The van der Waals surface area contributed by atoms with E-state index in [1.54, 1.807) is 27.0 Å². The van der Waals surface area contributed by atoms with Crippen molar-refractivity contribution >= 4 is 43.4 Å². The van der Waals surface area contributed by atoms with Gasteiger partial charge < -0.3 is 14.4 Å². The Balaban J connectivity index is 1.55. The maximum absolute atomic E-state index is 16.7. The number of fused-ring (bicyclic) bond motifs is 4. The number of thiophene rings is 1. The average molecular weight is 605 g/mol. The molecule has 5 heterocycles. The second kappa shape index (κ2) is 10.6. The number of amides is 1. The lowest BCUT2D eigenvalue weighted by Gasteiger charge is -2.19. The molecule has 0 fully saturated rings. The highest BCUT2D eigenvalue weighted by Gasteiger charge is 2.31. The van der Waals surface area contributed by atoms with Crippen molar-refractivity contribution in [3.8, 4) is 23.3 Å². The summed E-state index contributed by atoms with van der Waals surface area (Å²) in [5.74, 6) is -1.28. The molecule has 6 rings (SSSR count). The first-order valence-electron chi connectivity index (χ1n) is 13.2. The molecule has 0 saturated carbocycles. The van der Waals surface area contributed by atoms with E-state index in [9.17, 15) is 10.1 Å². The van der Waals surface area contributed by atoms with Gasteiger partial charge in [0, 0.05) is 35.3 Å². The van der Waals surface area contributed by atoms with Crippen LogP contribution in [0.4, 0.5) is 18.6 Å². The lowest BCUT2D eigenvalue weighted by atomic mass is 9.94. The smallest absolute Gasteiger partial charge is 0.412 e. The minimum atomic E-state index is -0.812. The minimum Gasteiger partial charge on any atom is -0.444 e. The van der Waals surface area contributed by atoms with Crippen molar-refractivity contribution in [2.24, 2.45) is 0 Å². The van der Waals surface area contributed by atoms with Gasteiger partial charge in [0.2, 0.25) is 0 Å². The van der Waals surface area contributed by atoms with Gasteiger partial charge in [-0.1, -0.05) is 0 Å². The van der Waals surface area contributed by atoms with E-state index < -0.39 is 23.3 Å². The van der Waals surface area contributed by atoms with Crippen LogP contribution in [-0.4, -0.2) is 55.4 Å². The number of pyridine rings is 1. The lowest BCUT2D eigenvalue weighted by molar-refractivity contribution is 0.0636. The minimum absolute atomic E-state index is 0.00836. The van der Waals surface area contributed by atoms with Crippen LogP contribution in [0, 0.1) is 23.0 Å². The van der Waals surface area contributed by atoms with Crippen molar-refractivity contribution < 1.29 is 23.0 Å². The van der Waals surface area contributed by atoms with Crippen LogP contribution in [0.2, 0.25) is 0 Å². The number of rotatable bonds is 5. The van der Waals surface area contributed by atoms with Crippen molar-refractivity contribution in [1.82, 2.24) is 29.6 Å². The summed E-state index contributed by atoms with van der Waals surface area (Å²) in [7, 11) is 3.85. The van der Waals surface area contributed by atoms with Gasteiger partial charge in [-0.05, 0) is 52.1 Å². The summed E-state index contributed by atoms with van der Waals surface area (Å²) in [6, 6.07) is 3.86. The van der Waals surface area contributed by atoms with Gasteiger partial charge in [-0.3, -0.25) is 10.3 Å². The standard InChI is InChI=1S/C29H26F2N8O3S/c1-29(2,3)42-28(40)36-26-15(8-32)21-24(33-10-19(30)25(21)43-26)20-18-13-41-12-17(18)16-9-34-27(35-23(16)22(20)31)39-7-6-14(37-39)11-38(4)5/h6-7,9-10H,11-13H2,1-5H3,(H,36,40). The maximum Gasteiger partial charge on any atom is 0.412 e. The van der Waals surface area contributed by atoms with Crippen molar-refractivity contribution in [2.45, 2.75) is 46.1 Å². The molecule has 1 aliphatic rings. The Morgan fingerprint density at radius 3 is 2.72 bits per heavy atom. The van der Waals surface area contributed by atoms with E-state index in [1.807, 2.05) is 31.1 Å². The average Bonchev–Trinajstić information content (AvgIpc) is 3.67. The van der Waals surface area contributed by atoms with E-state index in [-0.39, 0.29) is 56.6 Å². The number of halogens is 2. The van der Waals surface area contributed by atoms with Gasteiger partial charge in [-0.25, -0.2) is 28.2 Å². The van der Waals surface area contributed by atoms with Crippen LogP contribution in [0.15, 0.2) is 24.7 Å². The fraction of sp³-hybridized carbons (Fsp3) is 0.310. The number of carbonyl (C=O) groups excluding carboxylic acids is 1. The molecule has 1 aliphatic heterocycles. The molecule has 1 amide bonds. The van der Waals surface area contributed by atoms with Gasteiger partial charge in [-0.15, -0.1) is 11.3 Å². The van der Waals surface area contributed by atoms with Crippen molar-refractivity contribution in [2.75, 3.05) is 19.4 Å². The van der Waals surface area contributed by atoms with Crippen LogP contribution in [0.25, 0.3) is 38.2 Å². The molecule has 11 nitrogen and oxygen atoms in total. The monoisotopic (exact) mass is 604 g/mol. The van der Waals surface area contributed by atoms with Crippen molar-refractivity contribution in [3.05, 3.63) is 58.7 Å². The van der Waals surface area contributed by atoms with E-state index in [1.165, 1.54) is 10.9 Å². The zero-order valence-electron chi connectivity index (χ0n) is 24.0. The van der Waals surface area contributed by atoms with Gasteiger partial charge in [0.25, 0.3) is 5.95 Å². The maximum atomic E-state index is 16.7. The summed E-state index contributed by atoms with van der Waals surface area (Å²) >= 11 is 0.843. The zero-order valence-corrected chi connectivity index (χ0v) is 24.8. The summed E-state index contributed by atoms with van der Waals surface area (Å²) in [5, 5.41) is 17.8. The SMILES string of the molecule is CN(C)Cc1ccn(-c2ncc3c4c(c(-c5ncc(F)c6sc(NC(=O)OC(C)(C)C)c(C#N)c56)c(F)c3n2)COC4)n1. The summed E-state index contributed by atoms with van der Waals surface area (Å²) < 4.78 is 44.3. The Labute approximate surface area is 248 Å². The molecule has 0 unspecified atom stereocenters. The molecular weight excluding hydrogens is 578 g/mol. The van der Waals surface area contributed by atoms with Crippen LogP contribution in [0.1, 0.15) is 43.2 Å². The molecule has 4 aromatic heterocycles. The van der Waals surface area contributed by atoms with Crippen LogP contribution in [0.3, 0.4) is 0 Å². The van der Waals surface area contributed by atoms with Gasteiger partial charge >= 0.3 is 6.09 Å². The Bertz CT molecular complexity index is 1970. The number of nitrogens with zero attached hydrogens (tertiary/aromatic N) is 7. The molecule has 0 aliphatic carbocycles. The number of hydrogen-bond donors (Lipinski definition) is 1. The third-order valence-electron chi connectivity index (χ3n) is 6.65. The molecule has 0 saturated heterocycles. The van der Waals surface area contributed by atoms with E-state index in [0.29, 0.717) is 23.1 Å². The highest BCUT2D eigenvalue weighted by molar-refractivity contribution is 7.23. The highest BCUT2D eigenvalue weighted by Crippen LogP contribution is 2.45. The molecule has 5 aromatic rings. The number of aromatic nitrogens is 5. The molecule has 0 radical (unpaired) electrons. The van der Waals surface area contributed by atoms with Crippen molar-refractivity contribution in [1.29, 1.82) is 5.26 Å². The van der Waals surface area contributed by atoms with Crippen LogP contribution >= 0.6 is 11.3 Å². The quantitative estimate of drug-likeness (QED) is 0.269. The summed E-state index contributed by atoms with van der Waals surface area (Å²) in [4.78, 5) is 27.7. The molecule has 0 atom stereocenters. The van der Waals surface area contributed by atoms with Gasteiger partial charge in [0.15, 0.2) is 11.6 Å². The highest BCUT2D eigenvalue weighted by atomic mass is 32.1. The molecule has 1 aromatic carbocycles. The van der Waals surface area contributed by atoms with E-state index in [0.717, 1.165) is 23.2 Å². The van der Waals surface area contributed by atoms with Crippen LogP contribution in [-0.2, 0) is 29.2 Å². The largest absolute Gasteiger partial charge is 0.444 e. The first-order chi connectivity index (χ1) is 20.4. The van der Waals surface area contributed by atoms with Gasteiger partial charge in [0.05, 0.1) is 41.1 Å². The van der Waals surface area contributed by atoms with Gasteiger partial charge in [-0.2, -0.15) is 10.4 Å². The normalized spacial score (nSPS) is 13.1. The number of carbonyl (C=O) groups is 1. The number of benzene rings is 1. The third kappa shape index (κ3) is 5.16. The van der Waals surface area contributed by atoms with Crippen LogP contribution in [0.5, 0.6) is 0 Å². The number of anilines is 1. The predicted octanol–water partition coefficient (Wildman–Crippen LogP) is 5.68. The third-order valence-corrected chi connectivity index (χ3v) is 7.76. The molecule has 0 spiro atoms. The Morgan fingerprint density at radius 1 is 1.23 bits per heavy atom. The van der Waals surface area contributed by atoms with E-state index >= 15 is 8.78 Å².